The van der Waals surface area contributed by atoms with Gasteiger partial charge in [0.05, 0.1) is 6.10 Å². The van der Waals surface area contributed by atoms with Crippen molar-refractivity contribution in [2.45, 2.75) is 33.3 Å². The molecule has 1 aromatic heterocycles. The number of aromatic nitrogens is 1. The number of fused-ring (bicyclic) bond motifs is 1. The first-order valence-electron chi connectivity index (χ1n) is 6.91. The molecule has 4 N–H and O–H groups in total. The Kier molecular flexibility index (Phi) is 4.14. The number of rotatable bonds is 4. The minimum atomic E-state index is -0.376. The van der Waals surface area contributed by atoms with E-state index in [1.807, 2.05) is 18.2 Å². The summed E-state index contributed by atoms with van der Waals surface area (Å²) in [5.41, 5.74) is 7.77. The Morgan fingerprint density at radius 3 is 2.70 bits per heavy atom. The van der Waals surface area contributed by atoms with Crippen LogP contribution in [0.25, 0.3) is 10.8 Å². The molecule has 0 bridgehead atoms. The fraction of sp³-hybridized carbons (Fsp3) is 0.438. The Morgan fingerprint density at radius 1 is 1.25 bits per heavy atom. The first kappa shape index (κ1) is 14.6. The number of nitrogens with zero attached hydrogens (tertiary/aromatic N) is 1. The second-order valence-electron chi connectivity index (χ2n) is 6.42. The molecule has 4 heteroatoms. The average Bonchev–Trinajstić information content (AvgIpc) is 2.36. The third-order valence-corrected chi connectivity index (χ3v) is 3.23. The van der Waals surface area contributed by atoms with Crippen molar-refractivity contribution in [1.29, 1.82) is 0 Å². The number of nitrogens with one attached hydrogen (secondary N) is 1. The highest BCUT2D eigenvalue weighted by Crippen LogP contribution is 2.28. The predicted molar refractivity (Wildman–Crippen MR) is 84.7 cm³/mol. The zero-order chi connectivity index (χ0) is 14.8. The zero-order valence-electron chi connectivity index (χ0n) is 12.4. The number of pyridine rings is 1. The van der Waals surface area contributed by atoms with Gasteiger partial charge in [0.2, 0.25) is 0 Å². The Morgan fingerprint density at radius 2 is 2.00 bits per heavy atom. The molecule has 1 unspecified atom stereocenters. The molecule has 1 aromatic carbocycles. The van der Waals surface area contributed by atoms with E-state index in [-0.39, 0.29) is 11.5 Å². The maximum absolute atomic E-state index is 10.1. The van der Waals surface area contributed by atoms with Crippen LogP contribution >= 0.6 is 0 Å². The molecule has 0 spiro atoms. The molecule has 1 atom stereocenters. The van der Waals surface area contributed by atoms with Crippen molar-refractivity contribution >= 4 is 22.1 Å². The molecule has 2 rings (SSSR count). The molecule has 20 heavy (non-hydrogen) atoms. The van der Waals surface area contributed by atoms with Crippen LogP contribution in [0.3, 0.4) is 0 Å². The van der Waals surface area contributed by atoms with Gasteiger partial charge in [0.15, 0.2) is 0 Å². The van der Waals surface area contributed by atoms with Gasteiger partial charge in [0.25, 0.3) is 0 Å². The molecule has 0 amide bonds. The van der Waals surface area contributed by atoms with Crippen molar-refractivity contribution < 1.29 is 5.11 Å². The van der Waals surface area contributed by atoms with Gasteiger partial charge in [-0.2, -0.15) is 0 Å². The first-order chi connectivity index (χ1) is 9.37. The van der Waals surface area contributed by atoms with Crippen LogP contribution in [0.2, 0.25) is 0 Å². The summed E-state index contributed by atoms with van der Waals surface area (Å²) in [6.07, 6.45) is 3.91. The third kappa shape index (κ3) is 3.61. The van der Waals surface area contributed by atoms with Crippen LogP contribution in [0, 0.1) is 5.41 Å². The molecule has 0 aliphatic heterocycles. The quantitative estimate of drug-likeness (QED) is 0.749. The SMILES string of the molecule is CC(C)(C)CC(O)CNc1ccc(N)c2ccncc12. The number of hydrogen-bond donors (Lipinski definition) is 3. The Hall–Kier alpha value is -1.81. The van der Waals surface area contributed by atoms with Gasteiger partial charge in [-0.25, -0.2) is 0 Å². The molecule has 0 fully saturated rings. The van der Waals surface area contributed by atoms with Crippen LogP contribution in [0.5, 0.6) is 0 Å². The van der Waals surface area contributed by atoms with Gasteiger partial charge in [0.1, 0.15) is 0 Å². The highest BCUT2D eigenvalue weighted by atomic mass is 16.3. The van der Waals surface area contributed by atoms with Gasteiger partial charge < -0.3 is 16.2 Å². The Labute approximate surface area is 120 Å². The number of anilines is 2. The van der Waals surface area contributed by atoms with E-state index in [2.05, 4.69) is 31.1 Å². The third-order valence-electron chi connectivity index (χ3n) is 3.23. The van der Waals surface area contributed by atoms with Gasteiger partial charge in [-0.1, -0.05) is 20.8 Å². The number of hydrogen-bond acceptors (Lipinski definition) is 4. The van der Waals surface area contributed by atoms with Crippen LogP contribution in [0.15, 0.2) is 30.6 Å². The molecule has 0 radical (unpaired) electrons. The van der Waals surface area contributed by atoms with E-state index in [1.165, 1.54) is 0 Å². The van der Waals surface area contributed by atoms with E-state index in [0.717, 1.165) is 28.6 Å². The summed E-state index contributed by atoms with van der Waals surface area (Å²) in [5, 5.41) is 15.3. The first-order valence-corrected chi connectivity index (χ1v) is 6.91. The zero-order valence-corrected chi connectivity index (χ0v) is 12.4. The number of nitrogen functional groups attached to an aromatic ring is 1. The summed E-state index contributed by atoms with van der Waals surface area (Å²) in [6, 6.07) is 5.71. The number of benzene rings is 1. The minimum Gasteiger partial charge on any atom is -0.398 e. The second kappa shape index (κ2) is 5.67. The summed E-state index contributed by atoms with van der Waals surface area (Å²) in [6.45, 7) is 6.89. The lowest BCUT2D eigenvalue weighted by Gasteiger charge is -2.23. The molecule has 0 aliphatic rings. The summed E-state index contributed by atoms with van der Waals surface area (Å²) < 4.78 is 0. The van der Waals surface area contributed by atoms with Crippen LogP contribution < -0.4 is 11.1 Å². The molecule has 2 aromatic rings. The smallest absolute Gasteiger partial charge is 0.0717 e. The lowest BCUT2D eigenvalue weighted by Crippen LogP contribution is -2.25. The molecule has 108 valence electrons. The van der Waals surface area contributed by atoms with Crippen molar-refractivity contribution in [3.05, 3.63) is 30.6 Å². The molecular weight excluding hydrogens is 250 g/mol. The van der Waals surface area contributed by atoms with Gasteiger partial charge in [-0.15, -0.1) is 0 Å². The average molecular weight is 273 g/mol. The van der Waals surface area contributed by atoms with E-state index in [4.69, 9.17) is 5.73 Å². The van der Waals surface area contributed by atoms with E-state index >= 15 is 0 Å². The number of nitrogens with two attached hydrogens (primary N) is 1. The largest absolute Gasteiger partial charge is 0.398 e. The maximum atomic E-state index is 10.1. The van der Waals surface area contributed by atoms with E-state index in [0.29, 0.717) is 6.54 Å². The lowest BCUT2D eigenvalue weighted by molar-refractivity contribution is 0.132. The summed E-state index contributed by atoms with van der Waals surface area (Å²) in [4.78, 5) is 4.14. The van der Waals surface area contributed by atoms with E-state index in [1.54, 1.807) is 12.4 Å². The van der Waals surface area contributed by atoms with Crippen molar-refractivity contribution in [3.63, 3.8) is 0 Å². The topological polar surface area (TPSA) is 71.2 Å². The van der Waals surface area contributed by atoms with E-state index in [9.17, 15) is 5.11 Å². The Balaban J connectivity index is 2.13. The lowest BCUT2D eigenvalue weighted by atomic mass is 9.89. The fourth-order valence-electron chi connectivity index (χ4n) is 2.37. The van der Waals surface area contributed by atoms with Crippen LogP contribution in [-0.4, -0.2) is 22.7 Å². The van der Waals surface area contributed by atoms with Crippen molar-refractivity contribution in [3.8, 4) is 0 Å². The predicted octanol–water partition coefficient (Wildman–Crippen LogP) is 3.03. The van der Waals surface area contributed by atoms with Gasteiger partial charge >= 0.3 is 0 Å². The van der Waals surface area contributed by atoms with Gasteiger partial charge in [0, 0.05) is 41.1 Å². The van der Waals surface area contributed by atoms with Crippen LogP contribution in [0.1, 0.15) is 27.2 Å². The normalized spacial score (nSPS) is 13.4. The molecule has 4 nitrogen and oxygen atoms in total. The van der Waals surface area contributed by atoms with Crippen molar-refractivity contribution in [1.82, 2.24) is 4.98 Å². The molecule has 0 saturated heterocycles. The summed E-state index contributed by atoms with van der Waals surface area (Å²) in [5.74, 6) is 0. The fourth-order valence-corrected chi connectivity index (χ4v) is 2.37. The molecule has 0 aliphatic carbocycles. The minimum absolute atomic E-state index is 0.117. The molecule has 0 saturated carbocycles. The van der Waals surface area contributed by atoms with Crippen molar-refractivity contribution in [2.75, 3.05) is 17.6 Å². The van der Waals surface area contributed by atoms with Crippen molar-refractivity contribution in [2.24, 2.45) is 5.41 Å². The van der Waals surface area contributed by atoms with Crippen LogP contribution in [0.4, 0.5) is 11.4 Å². The second-order valence-corrected chi connectivity index (χ2v) is 6.42. The van der Waals surface area contributed by atoms with Gasteiger partial charge in [-0.05, 0) is 30.0 Å². The summed E-state index contributed by atoms with van der Waals surface area (Å²) in [7, 11) is 0. The molecular formula is C16H23N3O. The van der Waals surface area contributed by atoms with Gasteiger partial charge in [-0.3, -0.25) is 4.98 Å². The van der Waals surface area contributed by atoms with E-state index < -0.39 is 0 Å². The standard InChI is InChI=1S/C16H23N3O/c1-16(2,3)8-11(20)9-19-15-5-4-14(17)12-6-7-18-10-13(12)15/h4-7,10-11,19-20H,8-9,17H2,1-3H3. The summed E-state index contributed by atoms with van der Waals surface area (Å²) >= 11 is 0. The highest BCUT2D eigenvalue weighted by molar-refractivity contribution is 6.00. The number of aliphatic hydroxyl groups excluding tert-OH is 1. The van der Waals surface area contributed by atoms with Crippen LogP contribution in [-0.2, 0) is 0 Å². The number of aliphatic hydroxyl groups is 1. The molecule has 1 heterocycles. The maximum Gasteiger partial charge on any atom is 0.0717 e. The highest BCUT2D eigenvalue weighted by Gasteiger charge is 2.16. The monoisotopic (exact) mass is 273 g/mol. The Bertz CT molecular complexity index is 590.